The lowest BCUT2D eigenvalue weighted by molar-refractivity contribution is -0.120. The monoisotopic (exact) mass is 254 g/mol. The van der Waals surface area contributed by atoms with Crippen molar-refractivity contribution < 1.29 is 9.18 Å². The third-order valence-corrected chi connectivity index (χ3v) is 3.86. The number of halogens is 1. The molecule has 17 heavy (non-hydrogen) atoms. The van der Waals surface area contributed by atoms with Gasteiger partial charge in [0.05, 0.1) is 12.6 Å². The van der Waals surface area contributed by atoms with E-state index < -0.39 is 0 Å². The molecule has 2 N–H and O–H groups in total. The molecule has 0 spiro atoms. The highest BCUT2D eigenvalue weighted by molar-refractivity contribution is 7.99. The quantitative estimate of drug-likeness (QED) is 0.862. The molecule has 1 aromatic carbocycles. The van der Waals surface area contributed by atoms with Gasteiger partial charge < -0.3 is 10.6 Å². The molecule has 0 saturated carbocycles. The molecule has 0 radical (unpaired) electrons. The molecule has 3 nitrogen and oxygen atoms in total. The Balaban J connectivity index is 2.17. The summed E-state index contributed by atoms with van der Waals surface area (Å²) in [5, 5.41) is 5.72. The van der Waals surface area contributed by atoms with E-state index in [1.807, 2.05) is 6.07 Å². The van der Waals surface area contributed by atoms with Crippen LogP contribution in [-0.2, 0) is 4.79 Å². The Hall–Kier alpha value is -1.07. The highest BCUT2D eigenvalue weighted by Gasteiger charge is 2.23. The summed E-state index contributed by atoms with van der Waals surface area (Å²) in [6, 6.07) is 4.97. The van der Waals surface area contributed by atoms with Crippen molar-refractivity contribution in [1.29, 1.82) is 0 Å². The number of fused-ring (bicyclic) bond motifs is 1. The number of rotatable bonds is 3. The van der Waals surface area contributed by atoms with Gasteiger partial charge in [0.25, 0.3) is 0 Å². The van der Waals surface area contributed by atoms with E-state index in [2.05, 4.69) is 10.6 Å². The van der Waals surface area contributed by atoms with Gasteiger partial charge in [0.15, 0.2) is 0 Å². The third kappa shape index (κ3) is 2.79. The Morgan fingerprint density at radius 2 is 2.41 bits per heavy atom. The van der Waals surface area contributed by atoms with Gasteiger partial charge >= 0.3 is 0 Å². The van der Waals surface area contributed by atoms with Crippen molar-refractivity contribution >= 4 is 17.7 Å². The number of amides is 1. The molecule has 1 aromatic rings. The van der Waals surface area contributed by atoms with Gasteiger partial charge in [-0.1, -0.05) is 12.1 Å². The van der Waals surface area contributed by atoms with E-state index in [4.69, 9.17) is 0 Å². The molecule has 0 bridgehead atoms. The van der Waals surface area contributed by atoms with Gasteiger partial charge in [-0.25, -0.2) is 4.39 Å². The van der Waals surface area contributed by atoms with Crippen LogP contribution in [0.1, 0.15) is 18.0 Å². The van der Waals surface area contributed by atoms with Crippen LogP contribution in [0.5, 0.6) is 0 Å². The molecule has 1 aliphatic heterocycles. The van der Waals surface area contributed by atoms with Crippen LogP contribution in [0.2, 0.25) is 0 Å². The molecule has 92 valence electrons. The molecule has 2 rings (SSSR count). The first kappa shape index (κ1) is 12.4. The van der Waals surface area contributed by atoms with Crippen molar-refractivity contribution in [2.24, 2.45) is 0 Å². The van der Waals surface area contributed by atoms with E-state index in [-0.39, 0.29) is 24.3 Å². The summed E-state index contributed by atoms with van der Waals surface area (Å²) < 4.78 is 13.6. The van der Waals surface area contributed by atoms with Gasteiger partial charge in [-0.15, -0.1) is 11.8 Å². The summed E-state index contributed by atoms with van der Waals surface area (Å²) in [4.78, 5) is 12.2. The van der Waals surface area contributed by atoms with Crippen molar-refractivity contribution in [3.8, 4) is 0 Å². The molecule has 0 saturated heterocycles. The summed E-state index contributed by atoms with van der Waals surface area (Å²) in [6.07, 6.45) is 0.844. The lowest BCUT2D eigenvalue weighted by Crippen LogP contribution is -2.36. The highest BCUT2D eigenvalue weighted by atomic mass is 32.2. The van der Waals surface area contributed by atoms with Crippen LogP contribution >= 0.6 is 11.8 Å². The number of carbonyl (C=O) groups excluding carboxylic acids is 1. The second kappa shape index (κ2) is 5.51. The molecule has 1 aliphatic rings. The number of benzene rings is 1. The SMILES string of the molecule is CNCC(=O)NC1CCSc2c(F)cccc21. The van der Waals surface area contributed by atoms with Crippen LogP contribution in [0.15, 0.2) is 23.1 Å². The fourth-order valence-corrected chi connectivity index (χ4v) is 3.08. The zero-order chi connectivity index (χ0) is 12.3. The molecule has 0 aromatic heterocycles. The minimum Gasteiger partial charge on any atom is -0.348 e. The van der Waals surface area contributed by atoms with Crippen molar-refractivity contribution in [1.82, 2.24) is 10.6 Å². The summed E-state index contributed by atoms with van der Waals surface area (Å²) in [5.41, 5.74) is 0.894. The average molecular weight is 254 g/mol. The second-order valence-electron chi connectivity index (χ2n) is 3.95. The largest absolute Gasteiger partial charge is 0.348 e. The topological polar surface area (TPSA) is 41.1 Å². The second-order valence-corrected chi connectivity index (χ2v) is 5.05. The number of hydrogen-bond donors (Lipinski definition) is 2. The van der Waals surface area contributed by atoms with Crippen molar-refractivity contribution in [3.63, 3.8) is 0 Å². The smallest absolute Gasteiger partial charge is 0.234 e. The Labute approximate surface area is 104 Å². The Morgan fingerprint density at radius 3 is 3.18 bits per heavy atom. The maximum absolute atomic E-state index is 13.6. The Bertz CT molecular complexity index is 425. The summed E-state index contributed by atoms with van der Waals surface area (Å²) in [5.74, 6) is 0.581. The first-order chi connectivity index (χ1) is 8.22. The van der Waals surface area contributed by atoms with Crippen molar-refractivity contribution in [2.75, 3.05) is 19.3 Å². The van der Waals surface area contributed by atoms with E-state index in [1.165, 1.54) is 17.8 Å². The number of hydrogen-bond acceptors (Lipinski definition) is 3. The van der Waals surface area contributed by atoms with E-state index in [0.717, 1.165) is 17.7 Å². The van der Waals surface area contributed by atoms with Crippen LogP contribution < -0.4 is 10.6 Å². The first-order valence-electron chi connectivity index (χ1n) is 5.57. The summed E-state index contributed by atoms with van der Waals surface area (Å²) in [7, 11) is 1.73. The van der Waals surface area contributed by atoms with Gasteiger partial charge in [0.1, 0.15) is 5.82 Å². The zero-order valence-corrected chi connectivity index (χ0v) is 10.4. The van der Waals surface area contributed by atoms with E-state index in [0.29, 0.717) is 4.90 Å². The van der Waals surface area contributed by atoms with Crippen LogP contribution in [0.25, 0.3) is 0 Å². The van der Waals surface area contributed by atoms with Gasteiger partial charge in [-0.2, -0.15) is 0 Å². The zero-order valence-electron chi connectivity index (χ0n) is 9.63. The highest BCUT2D eigenvalue weighted by Crippen LogP contribution is 2.37. The number of nitrogens with one attached hydrogen (secondary N) is 2. The number of thioether (sulfide) groups is 1. The van der Waals surface area contributed by atoms with Crippen molar-refractivity contribution in [3.05, 3.63) is 29.6 Å². The molecule has 0 aliphatic carbocycles. The normalized spacial score (nSPS) is 18.6. The maximum atomic E-state index is 13.6. The molecule has 1 heterocycles. The molecule has 1 atom stereocenters. The minimum atomic E-state index is -0.194. The fourth-order valence-electron chi connectivity index (χ4n) is 1.94. The third-order valence-electron chi connectivity index (χ3n) is 2.70. The van der Waals surface area contributed by atoms with E-state index in [1.54, 1.807) is 13.1 Å². The first-order valence-corrected chi connectivity index (χ1v) is 6.56. The van der Waals surface area contributed by atoms with Crippen molar-refractivity contribution in [2.45, 2.75) is 17.4 Å². The van der Waals surface area contributed by atoms with Crippen LogP contribution in [-0.4, -0.2) is 25.3 Å². The molecule has 5 heteroatoms. The molecular formula is C12H15FN2OS. The minimum absolute atomic E-state index is 0.0559. The van der Waals surface area contributed by atoms with Gasteiger partial charge in [-0.05, 0) is 25.1 Å². The Kier molecular flexibility index (Phi) is 4.02. The summed E-state index contributed by atoms with van der Waals surface area (Å²) >= 11 is 1.52. The van der Waals surface area contributed by atoms with Crippen LogP contribution in [0, 0.1) is 5.82 Å². The van der Waals surface area contributed by atoms with Crippen LogP contribution in [0.4, 0.5) is 4.39 Å². The summed E-state index contributed by atoms with van der Waals surface area (Å²) in [6.45, 7) is 0.286. The van der Waals surface area contributed by atoms with E-state index in [9.17, 15) is 9.18 Å². The standard InChI is InChI=1S/C12H15FN2OS/c1-14-7-11(16)15-10-5-6-17-12-8(10)3-2-4-9(12)13/h2-4,10,14H,5-7H2,1H3,(H,15,16). The maximum Gasteiger partial charge on any atom is 0.234 e. The number of likely N-dealkylation sites (N-methyl/N-ethyl adjacent to an activating group) is 1. The lowest BCUT2D eigenvalue weighted by atomic mass is 10.0. The lowest BCUT2D eigenvalue weighted by Gasteiger charge is -2.26. The predicted molar refractivity (Wildman–Crippen MR) is 66.6 cm³/mol. The molecular weight excluding hydrogens is 239 g/mol. The average Bonchev–Trinajstić information content (AvgIpc) is 2.31. The molecule has 1 unspecified atom stereocenters. The number of carbonyl (C=O) groups is 1. The van der Waals surface area contributed by atoms with E-state index >= 15 is 0 Å². The Morgan fingerprint density at radius 1 is 1.59 bits per heavy atom. The molecule has 0 fully saturated rings. The van der Waals surface area contributed by atoms with Gasteiger partial charge in [0.2, 0.25) is 5.91 Å². The van der Waals surface area contributed by atoms with Crippen LogP contribution in [0.3, 0.4) is 0 Å². The fraction of sp³-hybridized carbons (Fsp3) is 0.417. The molecule has 1 amide bonds. The van der Waals surface area contributed by atoms with Gasteiger partial charge in [0, 0.05) is 10.6 Å². The predicted octanol–water partition coefficient (Wildman–Crippen LogP) is 1.70. The van der Waals surface area contributed by atoms with Gasteiger partial charge in [-0.3, -0.25) is 4.79 Å².